The Morgan fingerprint density at radius 2 is 1.89 bits per heavy atom. The first-order valence-electron chi connectivity index (χ1n) is 6.75. The minimum atomic E-state index is 0.239. The Kier molecular flexibility index (Phi) is 6.51. The van der Waals surface area contributed by atoms with Crippen LogP contribution < -0.4 is 10.1 Å². The van der Waals surface area contributed by atoms with E-state index in [0.717, 1.165) is 30.7 Å². The van der Waals surface area contributed by atoms with E-state index in [9.17, 15) is 0 Å². The molecule has 0 atom stereocenters. The Morgan fingerprint density at radius 1 is 1.22 bits per heavy atom. The van der Waals surface area contributed by atoms with Crippen LogP contribution in [0.25, 0.3) is 0 Å². The molecule has 0 bridgehead atoms. The van der Waals surface area contributed by atoms with Crippen LogP contribution in [0.5, 0.6) is 5.75 Å². The molecule has 0 fully saturated rings. The predicted octanol–water partition coefficient (Wildman–Crippen LogP) is 4.41. The van der Waals surface area contributed by atoms with Gasteiger partial charge in [0.1, 0.15) is 5.75 Å². The lowest BCUT2D eigenvalue weighted by Crippen LogP contribution is -2.23. The maximum Gasteiger partial charge on any atom is 0.142 e. The SMILES string of the molecule is CCC(CC)Oc1c(Cl)cccc1CNC(C)C. The van der Waals surface area contributed by atoms with Crippen molar-refractivity contribution < 1.29 is 4.74 Å². The van der Waals surface area contributed by atoms with Gasteiger partial charge in [-0.2, -0.15) is 0 Å². The molecule has 1 aromatic rings. The first-order valence-corrected chi connectivity index (χ1v) is 7.13. The zero-order valence-corrected chi connectivity index (χ0v) is 12.6. The molecule has 1 N–H and O–H groups in total. The van der Waals surface area contributed by atoms with Gasteiger partial charge in [-0.3, -0.25) is 0 Å². The van der Waals surface area contributed by atoms with E-state index in [4.69, 9.17) is 16.3 Å². The second-order valence-electron chi connectivity index (χ2n) is 4.82. The van der Waals surface area contributed by atoms with Crippen LogP contribution in [0.1, 0.15) is 46.1 Å². The highest BCUT2D eigenvalue weighted by molar-refractivity contribution is 6.32. The van der Waals surface area contributed by atoms with Crippen LogP contribution in [0.3, 0.4) is 0 Å². The quantitative estimate of drug-likeness (QED) is 0.792. The summed E-state index contributed by atoms with van der Waals surface area (Å²) in [5.74, 6) is 0.834. The summed E-state index contributed by atoms with van der Waals surface area (Å²) in [6.45, 7) is 9.32. The van der Waals surface area contributed by atoms with Gasteiger partial charge in [-0.25, -0.2) is 0 Å². The minimum Gasteiger partial charge on any atom is -0.489 e. The molecule has 0 heterocycles. The molecule has 1 rings (SSSR count). The van der Waals surface area contributed by atoms with Gasteiger partial charge in [0.2, 0.25) is 0 Å². The minimum absolute atomic E-state index is 0.239. The number of hydrogen-bond donors (Lipinski definition) is 1. The molecule has 0 spiro atoms. The zero-order chi connectivity index (χ0) is 13.5. The van der Waals surface area contributed by atoms with Crippen molar-refractivity contribution in [3.63, 3.8) is 0 Å². The molecule has 2 nitrogen and oxygen atoms in total. The van der Waals surface area contributed by atoms with Gasteiger partial charge in [0.25, 0.3) is 0 Å². The Bertz CT molecular complexity index is 362. The summed E-state index contributed by atoms with van der Waals surface area (Å²) < 4.78 is 6.04. The van der Waals surface area contributed by atoms with Gasteiger partial charge in [0, 0.05) is 18.2 Å². The van der Waals surface area contributed by atoms with Crippen molar-refractivity contribution in [1.82, 2.24) is 5.32 Å². The topological polar surface area (TPSA) is 21.3 Å². The van der Waals surface area contributed by atoms with Crippen molar-refractivity contribution in [2.75, 3.05) is 0 Å². The lowest BCUT2D eigenvalue weighted by Gasteiger charge is -2.20. The highest BCUT2D eigenvalue weighted by Crippen LogP contribution is 2.30. The van der Waals surface area contributed by atoms with E-state index < -0.39 is 0 Å². The fourth-order valence-corrected chi connectivity index (χ4v) is 2.00. The van der Waals surface area contributed by atoms with Crippen LogP contribution in [-0.4, -0.2) is 12.1 Å². The molecule has 3 heteroatoms. The number of ether oxygens (including phenoxy) is 1. The average Bonchev–Trinajstić information content (AvgIpc) is 2.35. The van der Waals surface area contributed by atoms with Crippen molar-refractivity contribution in [1.29, 1.82) is 0 Å². The van der Waals surface area contributed by atoms with Crippen LogP contribution in [0.2, 0.25) is 5.02 Å². The highest BCUT2D eigenvalue weighted by atomic mass is 35.5. The molecule has 102 valence electrons. The number of rotatable bonds is 7. The van der Waals surface area contributed by atoms with Crippen molar-refractivity contribution >= 4 is 11.6 Å². The van der Waals surface area contributed by atoms with Crippen LogP contribution in [-0.2, 0) is 6.54 Å². The van der Waals surface area contributed by atoms with Crippen molar-refractivity contribution in [2.45, 2.75) is 59.2 Å². The van der Waals surface area contributed by atoms with E-state index in [1.807, 2.05) is 12.1 Å². The molecule has 1 aromatic carbocycles. The lowest BCUT2D eigenvalue weighted by atomic mass is 10.1. The van der Waals surface area contributed by atoms with E-state index in [1.54, 1.807) is 0 Å². The molecule has 0 aromatic heterocycles. The number of para-hydroxylation sites is 1. The lowest BCUT2D eigenvalue weighted by molar-refractivity contribution is 0.190. The largest absolute Gasteiger partial charge is 0.489 e. The molecule has 0 unspecified atom stereocenters. The van der Waals surface area contributed by atoms with Crippen molar-refractivity contribution in [3.05, 3.63) is 28.8 Å². The molecule has 0 aliphatic carbocycles. The molecule has 0 amide bonds. The summed E-state index contributed by atoms with van der Waals surface area (Å²) in [6.07, 6.45) is 2.24. The van der Waals surface area contributed by atoms with Crippen LogP contribution in [0.4, 0.5) is 0 Å². The summed E-state index contributed by atoms with van der Waals surface area (Å²) in [7, 11) is 0. The second kappa shape index (κ2) is 7.65. The number of halogens is 1. The summed E-state index contributed by atoms with van der Waals surface area (Å²) in [4.78, 5) is 0. The highest BCUT2D eigenvalue weighted by Gasteiger charge is 2.13. The third-order valence-corrected chi connectivity index (χ3v) is 3.24. The molecule has 0 aliphatic heterocycles. The summed E-state index contributed by atoms with van der Waals surface area (Å²) in [6, 6.07) is 6.38. The summed E-state index contributed by atoms with van der Waals surface area (Å²) in [5, 5.41) is 4.10. The van der Waals surface area contributed by atoms with Crippen LogP contribution in [0.15, 0.2) is 18.2 Å². The maximum atomic E-state index is 6.25. The Balaban J connectivity index is 2.86. The van der Waals surface area contributed by atoms with Gasteiger partial charge in [0.05, 0.1) is 11.1 Å². The van der Waals surface area contributed by atoms with Crippen LogP contribution in [0, 0.1) is 0 Å². The molecular formula is C15H24ClNO. The Hall–Kier alpha value is -0.730. The summed E-state index contributed by atoms with van der Waals surface area (Å²) >= 11 is 6.25. The molecular weight excluding hydrogens is 246 g/mol. The Labute approximate surface area is 116 Å². The number of benzene rings is 1. The second-order valence-corrected chi connectivity index (χ2v) is 5.23. The van der Waals surface area contributed by atoms with Crippen molar-refractivity contribution in [3.8, 4) is 5.75 Å². The zero-order valence-electron chi connectivity index (χ0n) is 11.8. The predicted molar refractivity (Wildman–Crippen MR) is 78.4 cm³/mol. The first-order chi connectivity index (χ1) is 8.58. The molecule has 18 heavy (non-hydrogen) atoms. The number of nitrogens with one attached hydrogen (secondary N) is 1. The van der Waals surface area contributed by atoms with Gasteiger partial charge < -0.3 is 10.1 Å². The third-order valence-electron chi connectivity index (χ3n) is 2.94. The summed E-state index contributed by atoms with van der Waals surface area (Å²) in [5.41, 5.74) is 1.13. The van der Waals surface area contributed by atoms with E-state index in [2.05, 4.69) is 39.1 Å². The average molecular weight is 270 g/mol. The number of hydrogen-bond acceptors (Lipinski definition) is 2. The van der Waals surface area contributed by atoms with Crippen molar-refractivity contribution in [2.24, 2.45) is 0 Å². The molecule has 0 saturated carbocycles. The van der Waals surface area contributed by atoms with Gasteiger partial charge in [-0.15, -0.1) is 0 Å². The molecule has 0 saturated heterocycles. The van der Waals surface area contributed by atoms with E-state index in [-0.39, 0.29) is 6.10 Å². The fourth-order valence-electron chi connectivity index (χ4n) is 1.76. The smallest absolute Gasteiger partial charge is 0.142 e. The first kappa shape index (κ1) is 15.3. The van der Waals surface area contributed by atoms with Gasteiger partial charge in [-0.1, -0.05) is 51.4 Å². The van der Waals surface area contributed by atoms with E-state index in [0.29, 0.717) is 11.1 Å². The molecule has 0 aliphatic rings. The van der Waals surface area contributed by atoms with Gasteiger partial charge in [0.15, 0.2) is 0 Å². The van der Waals surface area contributed by atoms with Crippen LogP contribution >= 0.6 is 11.6 Å². The van der Waals surface area contributed by atoms with Gasteiger partial charge in [-0.05, 0) is 18.9 Å². The standard InChI is InChI=1S/C15H24ClNO/c1-5-13(6-2)18-15-12(10-17-11(3)4)8-7-9-14(15)16/h7-9,11,13,17H,5-6,10H2,1-4H3. The fraction of sp³-hybridized carbons (Fsp3) is 0.600. The maximum absolute atomic E-state index is 6.25. The Morgan fingerprint density at radius 3 is 2.44 bits per heavy atom. The third kappa shape index (κ3) is 4.51. The van der Waals surface area contributed by atoms with Gasteiger partial charge >= 0.3 is 0 Å². The molecule has 0 radical (unpaired) electrons. The monoisotopic (exact) mass is 269 g/mol. The van der Waals surface area contributed by atoms with E-state index >= 15 is 0 Å². The normalized spacial score (nSPS) is 11.3. The van der Waals surface area contributed by atoms with E-state index in [1.165, 1.54) is 0 Å².